The molecule has 0 bridgehead atoms. The minimum atomic E-state index is -0.322. The van der Waals surface area contributed by atoms with Crippen LogP contribution in [0.25, 0.3) is 10.9 Å². The fraction of sp³-hybridized carbons (Fsp3) is 0.556. The highest BCUT2D eigenvalue weighted by molar-refractivity contribution is 5.82. The van der Waals surface area contributed by atoms with E-state index in [9.17, 15) is 9.90 Å². The number of morpholine rings is 1. The van der Waals surface area contributed by atoms with Gasteiger partial charge in [-0.3, -0.25) is 9.48 Å². The second-order valence-electron chi connectivity index (χ2n) is 6.75. The molecule has 1 N–H and O–H groups in total. The molecule has 1 aromatic carbocycles. The number of hydrogen-bond acceptors (Lipinski definition) is 4. The van der Waals surface area contributed by atoms with Crippen molar-refractivity contribution in [3.8, 4) is 0 Å². The predicted molar refractivity (Wildman–Crippen MR) is 89.4 cm³/mol. The topological polar surface area (TPSA) is 67.6 Å². The van der Waals surface area contributed by atoms with Crippen LogP contribution in [0.2, 0.25) is 0 Å². The minimum Gasteiger partial charge on any atom is -0.393 e. The lowest BCUT2D eigenvalue weighted by atomic mass is 9.94. The van der Waals surface area contributed by atoms with Gasteiger partial charge >= 0.3 is 0 Å². The van der Waals surface area contributed by atoms with Crippen LogP contribution >= 0.6 is 0 Å². The molecule has 1 aromatic heterocycles. The number of para-hydroxylation sites is 1. The lowest BCUT2D eigenvalue weighted by molar-refractivity contribution is -0.144. The van der Waals surface area contributed by atoms with Gasteiger partial charge in [-0.25, -0.2) is 0 Å². The molecule has 0 radical (unpaired) electrons. The number of amides is 1. The summed E-state index contributed by atoms with van der Waals surface area (Å²) in [6.45, 7) is 1.90. The molecule has 1 aliphatic carbocycles. The van der Waals surface area contributed by atoms with Gasteiger partial charge in [0.15, 0.2) is 0 Å². The Hall–Kier alpha value is -1.92. The average Bonchev–Trinajstić information content (AvgIpc) is 3.21. The summed E-state index contributed by atoms with van der Waals surface area (Å²) in [6, 6.07) is 7.88. The van der Waals surface area contributed by atoms with Crippen LogP contribution in [0.3, 0.4) is 0 Å². The number of carbonyl (C=O) groups is 1. The molecule has 3 atom stereocenters. The highest BCUT2D eigenvalue weighted by Crippen LogP contribution is 2.32. The average molecular weight is 329 g/mol. The highest BCUT2D eigenvalue weighted by atomic mass is 16.5. The van der Waals surface area contributed by atoms with Crippen LogP contribution in [-0.2, 0) is 16.1 Å². The maximum atomic E-state index is 12.9. The number of fused-ring (bicyclic) bond motifs is 1. The van der Waals surface area contributed by atoms with E-state index in [0.29, 0.717) is 19.8 Å². The van der Waals surface area contributed by atoms with Gasteiger partial charge in [0, 0.05) is 17.8 Å². The van der Waals surface area contributed by atoms with Crippen molar-refractivity contribution < 1.29 is 14.6 Å². The van der Waals surface area contributed by atoms with E-state index in [0.717, 1.165) is 30.2 Å². The molecular formula is C18H23N3O3. The minimum absolute atomic E-state index is 0.0226. The number of aromatic nitrogens is 2. The maximum absolute atomic E-state index is 12.9. The molecule has 2 heterocycles. The zero-order valence-electron chi connectivity index (χ0n) is 13.7. The van der Waals surface area contributed by atoms with E-state index in [1.807, 2.05) is 29.2 Å². The van der Waals surface area contributed by atoms with Crippen LogP contribution < -0.4 is 0 Å². The third-order valence-corrected chi connectivity index (χ3v) is 5.35. The molecule has 2 fully saturated rings. The standard InChI is InChI=1S/C18H23N3O3/c22-17-7-3-5-14(17)16-12-24-9-8-20(16)18(23)11-21-15-6-2-1-4-13(15)10-19-21/h1-2,4,6,10,14,16-17,22H,3,5,7-9,11-12H2/t14-,16+,17+/m0/s1. The van der Waals surface area contributed by atoms with Crippen LogP contribution in [0.15, 0.2) is 30.5 Å². The summed E-state index contributed by atoms with van der Waals surface area (Å²) in [5.74, 6) is 0.180. The van der Waals surface area contributed by atoms with E-state index in [-0.39, 0.29) is 30.5 Å². The van der Waals surface area contributed by atoms with Crippen molar-refractivity contribution in [2.45, 2.75) is 38.0 Å². The first-order valence-electron chi connectivity index (χ1n) is 8.70. The molecule has 24 heavy (non-hydrogen) atoms. The first-order chi connectivity index (χ1) is 11.7. The SMILES string of the molecule is O=C(Cn1ncc2ccccc21)N1CCOC[C@@H]1[C@@H]1CCC[C@H]1O. The molecule has 6 heteroatoms. The molecule has 1 saturated carbocycles. The number of benzene rings is 1. The van der Waals surface area contributed by atoms with Gasteiger partial charge in [-0.05, 0) is 18.9 Å². The van der Waals surface area contributed by atoms with Gasteiger partial charge in [-0.1, -0.05) is 24.6 Å². The monoisotopic (exact) mass is 329 g/mol. The number of rotatable bonds is 3. The van der Waals surface area contributed by atoms with Gasteiger partial charge in [0.2, 0.25) is 5.91 Å². The third kappa shape index (κ3) is 2.80. The molecule has 2 aromatic rings. The molecule has 0 unspecified atom stereocenters. The lowest BCUT2D eigenvalue weighted by Gasteiger charge is -2.40. The summed E-state index contributed by atoms with van der Waals surface area (Å²) >= 11 is 0. The number of ether oxygens (including phenoxy) is 1. The lowest BCUT2D eigenvalue weighted by Crippen LogP contribution is -2.54. The van der Waals surface area contributed by atoms with Gasteiger partial charge in [0.1, 0.15) is 6.54 Å². The van der Waals surface area contributed by atoms with Crippen LogP contribution in [0.1, 0.15) is 19.3 Å². The molecule has 1 saturated heterocycles. The largest absolute Gasteiger partial charge is 0.393 e. The molecule has 2 aliphatic rings. The van der Waals surface area contributed by atoms with Gasteiger partial charge in [-0.2, -0.15) is 5.10 Å². The Morgan fingerprint density at radius 2 is 2.21 bits per heavy atom. The van der Waals surface area contributed by atoms with Crippen molar-refractivity contribution in [3.05, 3.63) is 30.5 Å². The molecule has 4 rings (SSSR count). The van der Waals surface area contributed by atoms with Gasteiger partial charge in [-0.15, -0.1) is 0 Å². The van der Waals surface area contributed by atoms with E-state index < -0.39 is 0 Å². The van der Waals surface area contributed by atoms with Crippen molar-refractivity contribution in [2.24, 2.45) is 5.92 Å². The second kappa shape index (κ2) is 6.53. The number of aliphatic hydroxyl groups excluding tert-OH is 1. The molecule has 128 valence electrons. The predicted octanol–water partition coefficient (Wildman–Crippen LogP) is 1.42. The summed E-state index contributed by atoms with van der Waals surface area (Å²) in [6.07, 6.45) is 4.28. The second-order valence-corrected chi connectivity index (χ2v) is 6.75. The van der Waals surface area contributed by atoms with Crippen LogP contribution in [0.4, 0.5) is 0 Å². The normalized spacial score (nSPS) is 27.7. The fourth-order valence-corrected chi connectivity index (χ4v) is 4.08. The Morgan fingerprint density at radius 1 is 1.33 bits per heavy atom. The number of aliphatic hydroxyl groups is 1. The van der Waals surface area contributed by atoms with Crippen molar-refractivity contribution in [1.29, 1.82) is 0 Å². The third-order valence-electron chi connectivity index (χ3n) is 5.35. The summed E-state index contributed by atoms with van der Waals surface area (Å²) in [7, 11) is 0. The van der Waals surface area contributed by atoms with Crippen LogP contribution in [-0.4, -0.2) is 57.6 Å². The number of hydrogen-bond donors (Lipinski definition) is 1. The van der Waals surface area contributed by atoms with Gasteiger partial charge < -0.3 is 14.7 Å². The first kappa shape index (κ1) is 15.6. The summed E-state index contributed by atoms with van der Waals surface area (Å²) in [4.78, 5) is 14.8. The molecule has 1 amide bonds. The van der Waals surface area contributed by atoms with E-state index in [4.69, 9.17) is 4.74 Å². The van der Waals surface area contributed by atoms with Crippen LogP contribution in [0.5, 0.6) is 0 Å². The Balaban J connectivity index is 1.53. The molecular weight excluding hydrogens is 306 g/mol. The van der Waals surface area contributed by atoms with Crippen molar-refractivity contribution in [2.75, 3.05) is 19.8 Å². The smallest absolute Gasteiger partial charge is 0.244 e. The van der Waals surface area contributed by atoms with E-state index in [1.54, 1.807) is 10.9 Å². The van der Waals surface area contributed by atoms with Crippen LogP contribution in [0, 0.1) is 5.92 Å². The van der Waals surface area contributed by atoms with E-state index in [1.165, 1.54) is 0 Å². The Kier molecular flexibility index (Phi) is 4.24. The summed E-state index contributed by atoms with van der Waals surface area (Å²) < 4.78 is 7.36. The Bertz CT molecular complexity index is 729. The Labute approximate surface area is 141 Å². The first-order valence-corrected chi connectivity index (χ1v) is 8.70. The zero-order chi connectivity index (χ0) is 16.5. The zero-order valence-corrected chi connectivity index (χ0v) is 13.7. The van der Waals surface area contributed by atoms with Crippen molar-refractivity contribution in [1.82, 2.24) is 14.7 Å². The quantitative estimate of drug-likeness (QED) is 0.925. The van der Waals surface area contributed by atoms with Crippen molar-refractivity contribution >= 4 is 16.8 Å². The van der Waals surface area contributed by atoms with E-state index in [2.05, 4.69) is 5.10 Å². The number of nitrogens with zero attached hydrogens (tertiary/aromatic N) is 3. The van der Waals surface area contributed by atoms with E-state index >= 15 is 0 Å². The van der Waals surface area contributed by atoms with Crippen molar-refractivity contribution in [3.63, 3.8) is 0 Å². The summed E-state index contributed by atoms with van der Waals surface area (Å²) in [5.41, 5.74) is 0.969. The fourth-order valence-electron chi connectivity index (χ4n) is 4.08. The Morgan fingerprint density at radius 3 is 3.04 bits per heavy atom. The van der Waals surface area contributed by atoms with Gasteiger partial charge in [0.25, 0.3) is 0 Å². The molecule has 6 nitrogen and oxygen atoms in total. The number of carbonyl (C=O) groups excluding carboxylic acids is 1. The maximum Gasteiger partial charge on any atom is 0.244 e. The van der Waals surface area contributed by atoms with Gasteiger partial charge in [0.05, 0.1) is 37.1 Å². The highest BCUT2D eigenvalue weighted by Gasteiger charge is 2.39. The summed E-state index contributed by atoms with van der Waals surface area (Å²) in [5, 5.41) is 15.6. The molecule has 0 spiro atoms. The molecule has 1 aliphatic heterocycles.